The van der Waals surface area contributed by atoms with Crippen molar-refractivity contribution in [1.82, 2.24) is 14.8 Å². The third kappa shape index (κ3) is 3.04. The van der Waals surface area contributed by atoms with Crippen molar-refractivity contribution in [2.75, 3.05) is 11.1 Å². The van der Waals surface area contributed by atoms with Crippen molar-refractivity contribution in [2.45, 2.75) is 13.5 Å². The lowest BCUT2D eigenvalue weighted by Crippen LogP contribution is -2.19. The van der Waals surface area contributed by atoms with Crippen LogP contribution in [-0.4, -0.2) is 20.7 Å². The van der Waals surface area contributed by atoms with Crippen molar-refractivity contribution in [2.24, 2.45) is 0 Å². The largest absolute Gasteiger partial charge is 0.382 e. The van der Waals surface area contributed by atoms with E-state index in [1.807, 2.05) is 13.0 Å². The number of nitrogens with one attached hydrogen (secondary N) is 1. The highest BCUT2D eigenvalue weighted by molar-refractivity contribution is 5.90. The second-order valence-electron chi connectivity index (χ2n) is 3.74. The van der Waals surface area contributed by atoms with E-state index in [9.17, 15) is 4.79 Å². The molecule has 0 saturated heterocycles. The molecule has 0 aliphatic heterocycles. The molecule has 0 saturated carbocycles. The molecule has 6 heteroatoms. The summed E-state index contributed by atoms with van der Waals surface area (Å²) in [5, 5.41) is 6.67. The van der Waals surface area contributed by atoms with Crippen LogP contribution in [0.4, 0.5) is 11.5 Å². The highest BCUT2D eigenvalue weighted by Crippen LogP contribution is 2.07. The van der Waals surface area contributed by atoms with Crippen LogP contribution in [0.25, 0.3) is 0 Å². The van der Waals surface area contributed by atoms with Gasteiger partial charge in [0.25, 0.3) is 0 Å². The molecule has 2 rings (SSSR count). The van der Waals surface area contributed by atoms with E-state index in [0.29, 0.717) is 11.5 Å². The van der Waals surface area contributed by atoms with Crippen molar-refractivity contribution in [3.8, 4) is 0 Å². The lowest BCUT2D eigenvalue weighted by molar-refractivity contribution is -0.116. The van der Waals surface area contributed by atoms with Gasteiger partial charge in [-0.2, -0.15) is 5.10 Å². The first-order valence-electron chi connectivity index (χ1n) is 5.14. The molecule has 17 heavy (non-hydrogen) atoms. The van der Waals surface area contributed by atoms with Crippen LogP contribution in [-0.2, 0) is 11.3 Å². The van der Waals surface area contributed by atoms with Crippen molar-refractivity contribution in [1.29, 1.82) is 0 Å². The van der Waals surface area contributed by atoms with Crippen LogP contribution in [0.1, 0.15) is 5.56 Å². The lowest BCUT2D eigenvalue weighted by atomic mass is 10.3. The fourth-order valence-corrected chi connectivity index (χ4v) is 1.44. The van der Waals surface area contributed by atoms with Gasteiger partial charge in [0, 0.05) is 12.4 Å². The molecule has 1 amide bonds. The summed E-state index contributed by atoms with van der Waals surface area (Å²) < 4.78 is 1.48. The molecule has 0 atom stereocenters. The molecule has 0 unspecified atom stereocenters. The number of nitrogens with zero attached hydrogens (tertiary/aromatic N) is 3. The summed E-state index contributed by atoms with van der Waals surface area (Å²) in [6.07, 6.45) is 4.98. The van der Waals surface area contributed by atoms with Gasteiger partial charge in [-0.1, -0.05) is 0 Å². The maximum absolute atomic E-state index is 11.7. The van der Waals surface area contributed by atoms with Gasteiger partial charge in [0.1, 0.15) is 12.4 Å². The molecule has 2 aromatic heterocycles. The minimum absolute atomic E-state index is 0.130. The summed E-state index contributed by atoms with van der Waals surface area (Å²) in [4.78, 5) is 15.7. The van der Waals surface area contributed by atoms with Gasteiger partial charge in [0.15, 0.2) is 0 Å². The topological polar surface area (TPSA) is 85.8 Å². The van der Waals surface area contributed by atoms with Gasteiger partial charge in [0.05, 0.1) is 11.9 Å². The van der Waals surface area contributed by atoms with E-state index >= 15 is 0 Å². The SMILES string of the molecule is Cc1cncc(NC(=O)Cn2ccc(N)n2)c1. The van der Waals surface area contributed by atoms with E-state index in [4.69, 9.17) is 5.73 Å². The van der Waals surface area contributed by atoms with Gasteiger partial charge >= 0.3 is 0 Å². The van der Waals surface area contributed by atoms with E-state index in [-0.39, 0.29) is 12.5 Å². The first-order chi connectivity index (χ1) is 8.13. The van der Waals surface area contributed by atoms with Gasteiger partial charge in [-0.25, -0.2) is 0 Å². The molecule has 88 valence electrons. The predicted molar refractivity (Wildman–Crippen MR) is 64.2 cm³/mol. The van der Waals surface area contributed by atoms with Crippen LogP contribution in [0.15, 0.2) is 30.7 Å². The Morgan fingerprint density at radius 1 is 1.53 bits per heavy atom. The van der Waals surface area contributed by atoms with Crippen molar-refractivity contribution >= 4 is 17.4 Å². The first kappa shape index (κ1) is 11.1. The Morgan fingerprint density at radius 3 is 3.00 bits per heavy atom. The van der Waals surface area contributed by atoms with E-state index in [0.717, 1.165) is 5.56 Å². The number of amides is 1. The smallest absolute Gasteiger partial charge is 0.246 e. The van der Waals surface area contributed by atoms with Crippen LogP contribution in [0.3, 0.4) is 0 Å². The number of carbonyl (C=O) groups is 1. The number of hydrogen-bond acceptors (Lipinski definition) is 4. The summed E-state index contributed by atoms with van der Waals surface area (Å²) in [7, 11) is 0. The molecule has 0 spiro atoms. The number of aromatic nitrogens is 3. The third-order valence-electron chi connectivity index (χ3n) is 2.13. The molecule has 0 fully saturated rings. The number of aryl methyl sites for hydroxylation is 1. The molecule has 6 nitrogen and oxygen atoms in total. The number of hydrogen-bond donors (Lipinski definition) is 2. The number of anilines is 2. The van der Waals surface area contributed by atoms with E-state index < -0.39 is 0 Å². The summed E-state index contributed by atoms with van der Waals surface area (Å²) in [5.74, 6) is 0.232. The number of nitrogen functional groups attached to an aromatic ring is 1. The summed E-state index contributed by atoms with van der Waals surface area (Å²) >= 11 is 0. The zero-order valence-electron chi connectivity index (χ0n) is 9.42. The normalized spacial score (nSPS) is 10.2. The Hall–Kier alpha value is -2.37. The minimum Gasteiger partial charge on any atom is -0.382 e. The van der Waals surface area contributed by atoms with E-state index in [1.54, 1.807) is 24.7 Å². The van der Waals surface area contributed by atoms with Crippen LogP contribution >= 0.6 is 0 Å². The first-order valence-corrected chi connectivity index (χ1v) is 5.14. The molecule has 0 bridgehead atoms. The maximum Gasteiger partial charge on any atom is 0.246 e. The molecule has 0 aliphatic carbocycles. The van der Waals surface area contributed by atoms with Gasteiger partial charge in [-0.15, -0.1) is 0 Å². The Balaban J connectivity index is 1.98. The number of pyridine rings is 1. The molecule has 0 aliphatic rings. The number of nitrogens with two attached hydrogens (primary N) is 1. The summed E-state index contributed by atoms with van der Waals surface area (Å²) in [6.45, 7) is 2.04. The van der Waals surface area contributed by atoms with E-state index in [2.05, 4.69) is 15.4 Å². The zero-order chi connectivity index (χ0) is 12.3. The second-order valence-corrected chi connectivity index (χ2v) is 3.74. The highest BCUT2D eigenvalue weighted by atomic mass is 16.2. The minimum atomic E-state index is -0.166. The standard InChI is InChI=1S/C11H13N5O/c1-8-4-9(6-13-5-8)14-11(17)7-16-3-2-10(12)15-16/h2-6H,7H2,1H3,(H2,12,15)(H,14,17). The Morgan fingerprint density at radius 2 is 2.35 bits per heavy atom. The van der Waals surface area contributed by atoms with Gasteiger partial charge < -0.3 is 11.1 Å². The molecule has 2 aromatic rings. The Bertz CT molecular complexity index is 534. The van der Waals surface area contributed by atoms with Gasteiger partial charge in [-0.05, 0) is 24.6 Å². The number of carbonyl (C=O) groups excluding carboxylic acids is 1. The second kappa shape index (κ2) is 4.65. The quantitative estimate of drug-likeness (QED) is 0.818. The van der Waals surface area contributed by atoms with Crippen LogP contribution in [0, 0.1) is 6.92 Å². The van der Waals surface area contributed by atoms with Crippen LogP contribution in [0.5, 0.6) is 0 Å². The molecule has 3 N–H and O–H groups in total. The fraction of sp³-hybridized carbons (Fsp3) is 0.182. The molecule has 2 heterocycles. The molecule has 0 radical (unpaired) electrons. The van der Waals surface area contributed by atoms with Gasteiger partial charge in [0.2, 0.25) is 5.91 Å². The molecule has 0 aromatic carbocycles. The lowest BCUT2D eigenvalue weighted by Gasteiger charge is -2.05. The van der Waals surface area contributed by atoms with Crippen molar-refractivity contribution in [3.05, 3.63) is 36.3 Å². The van der Waals surface area contributed by atoms with Crippen molar-refractivity contribution in [3.63, 3.8) is 0 Å². The average Bonchev–Trinajstić information content (AvgIpc) is 2.63. The predicted octanol–water partition coefficient (Wildman–Crippen LogP) is 0.807. The number of rotatable bonds is 3. The maximum atomic E-state index is 11.7. The summed E-state index contributed by atoms with van der Waals surface area (Å²) in [6, 6.07) is 3.49. The van der Waals surface area contributed by atoms with Crippen molar-refractivity contribution < 1.29 is 4.79 Å². The van der Waals surface area contributed by atoms with E-state index in [1.165, 1.54) is 4.68 Å². The Labute approximate surface area is 98.5 Å². The Kier molecular flexibility index (Phi) is 3.04. The summed E-state index contributed by atoms with van der Waals surface area (Å²) in [5.41, 5.74) is 7.12. The molecular formula is C11H13N5O. The third-order valence-corrected chi connectivity index (χ3v) is 2.13. The monoisotopic (exact) mass is 231 g/mol. The zero-order valence-corrected chi connectivity index (χ0v) is 9.42. The molecular weight excluding hydrogens is 218 g/mol. The van der Waals surface area contributed by atoms with Crippen LogP contribution < -0.4 is 11.1 Å². The van der Waals surface area contributed by atoms with Crippen LogP contribution in [0.2, 0.25) is 0 Å². The average molecular weight is 231 g/mol. The highest BCUT2D eigenvalue weighted by Gasteiger charge is 2.04. The van der Waals surface area contributed by atoms with Gasteiger partial charge in [-0.3, -0.25) is 14.5 Å². The fourth-order valence-electron chi connectivity index (χ4n) is 1.44.